The molecule has 1 aliphatic rings. The van der Waals surface area contributed by atoms with Crippen LogP contribution < -0.4 is 5.73 Å². The van der Waals surface area contributed by atoms with Crippen LogP contribution in [0.1, 0.15) is 37.9 Å². The average molecular weight is 244 g/mol. The maximum absolute atomic E-state index is 6.03. The van der Waals surface area contributed by atoms with Crippen LogP contribution >= 0.6 is 0 Å². The molecule has 0 atom stereocenters. The quantitative estimate of drug-likeness (QED) is 0.871. The van der Waals surface area contributed by atoms with Crippen molar-refractivity contribution in [3.05, 3.63) is 24.3 Å². The van der Waals surface area contributed by atoms with Crippen LogP contribution in [0.5, 0.6) is 0 Å². The van der Waals surface area contributed by atoms with Crippen LogP contribution in [0.3, 0.4) is 0 Å². The van der Waals surface area contributed by atoms with Gasteiger partial charge in [-0.2, -0.15) is 0 Å². The minimum absolute atomic E-state index is 0.263. The van der Waals surface area contributed by atoms with E-state index in [4.69, 9.17) is 5.73 Å². The molecule has 18 heavy (non-hydrogen) atoms. The van der Waals surface area contributed by atoms with Gasteiger partial charge < -0.3 is 10.7 Å². The van der Waals surface area contributed by atoms with Crippen LogP contribution in [0.2, 0.25) is 0 Å². The Morgan fingerprint density at radius 3 is 2.83 bits per heavy atom. The zero-order chi connectivity index (χ0) is 12.4. The van der Waals surface area contributed by atoms with Crippen molar-refractivity contribution in [1.82, 2.24) is 15.0 Å². The van der Waals surface area contributed by atoms with Crippen molar-refractivity contribution in [2.45, 2.75) is 38.5 Å². The van der Waals surface area contributed by atoms with Gasteiger partial charge in [-0.05, 0) is 30.9 Å². The molecule has 96 valence electrons. The molecule has 2 aromatic heterocycles. The highest BCUT2D eigenvalue weighted by atomic mass is 14.9. The molecule has 0 saturated heterocycles. The predicted molar refractivity (Wildman–Crippen MR) is 72.2 cm³/mol. The van der Waals surface area contributed by atoms with Crippen LogP contribution in [-0.4, -0.2) is 21.5 Å². The van der Waals surface area contributed by atoms with Gasteiger partial charge in [0.25, 0.3) is 0 Å². The van der Waals surface area contributed by atoms with Crippen molar-refractivity contribution in [3.8, 4) is 0 Å². The first-order valence-electron chi connectivity index (χ1n) is 6.80. The standard InChI is InChI=1S/C14H20N4/c15-10-14(5-2-1-3-6-14)8-13-17-11-4-7-16-9-12(11)18-13/h4,7,9H,1-3,5-6,8,10,15H2,(H,17,18). The molecular formula is C14H20N4. The zero-order valence-electron chi connectivity index (χ0n) is 10.7. The second kappa shape index (κ2) is 4.69. The lowest BCUT2D eigenvalue weighted by Gasteiger charge is -2.35. The topological polar surface area (TPSA) is 67.6 Å². The maximum atomic E-state index is 6.03. The van der Waals surface area contributed by atoms with E-state index < -0.39 is 0 Å². The van der Waals surface area contributed by atoms with Gasteiger partial charge in [-0.15, -0.1) is 0 Å². The lowest BCUT2D eigenvalue weighted by atomic mass is 9.72. The third-order valence-corrected chi connectivity index (χ3v) is 4.22. The third kappa shape index (κ3) is 2.12. The Labute approximate surface area is 107 Å². The minimum atomic E-state index is 0.263. The van der Waals surface area contributed by atoms with Crippen molar-refractivity contribution in [2.24, 2.45) is 11.1 Å². The monoisotopic (exact) mass is 244 g/mol. The number of nitrogens with zero attached hydrogens (tertiary/aromatic N) is 2. The van der Waals surface area contributed by atoms with Crippen molar-refractivity contribution in [1.29, 1.82) is 0 Å². The van der Waals surface area contributed by atoms with E-state index in [0.717, 1.165) is 29.8 Å². The van der Waals surface area contributed by atoms with Crippen molar-refractivity contribution in [3.63, 3.8) is 0 Å². The van der Waals surface area contributed by atoms with E-state index in [9.17, 15) is 0 Å². The van der Waals surface area contributed by atoms with E-state index in [1.54, 1.807) is 6.20 Å². The van der Waals surface area contributed by atoms with Gasteiger partial charge in [-0.1, -0.05) is 19.3 Å². The molecule has 3 N–H and O–H groups in total. The molecular weight excluding hydrogens is 224 g/mol. The van der Waals surface area contributed by atoms with E-state index in [2.05, 4.69) is 15.0 Å². The normalized spacial score (nSPS) is 19.2. The molecule has 0 amide bonds. The number of pyridine rings is 1. The Balaban J connectivity index is 1.85. The summed E-state index contributed by atoms with van der Waals surface area (Å²) >= 11 is 0. The van der Waals surface area contributed by atoms with Crippen LogP contribution in [0.15, 0.2) is 18.5 Å². The number of imidazole rings is 1. The van der Waals surface area contributed by atoms with E-state index in [1.807, 2.05) is 12.3 Å². The molecule has 2 aromatic rings. The smallest absolute Gasteiger partial charge is 0.107 e. The number of rotatable bonds is 3. The largest absolute Gasteiger partial charge is 0.341 e. The Hall–Kier alpha value is -1.42. The lowest BCUT2D eigenvalue weighted by molar-refractivity contribution is 0.194. The molecule has 0 unspecified atom stereocenters. The van der Waals surface area contributed by atoms with Gasteiger partial charge in [0.2, 0.25) is 0 Å². The van der Waals surface area contributed by atoms with E-state index in [0.29, 0.717) is 0 Å². The molecule has 0 aromatic carbocycles. The summed E-state index contributed by atoms with van der Waals surface area (Å²) in [6.45, 7) is 0.766. The van der Waals surface area contributed by atoms with Gasteiger partial charge in [0.1, 0.15) is 5.82 Å². The van der Waals surface area contributed by atoms with Gasteiger partial charge in [0.05, 0.1) is 17.2 Å². The summed E-state index contributed by atoms with van der Waals surface area (Å²) in [7, 11) is 0. The highest BCUT2D eigenvalue weighted by molar-refractivity contribution is 5.73. The summed E-state index contributed by atoms with van der Waals surface area (Å²) in [5.74, 6) is 1.06. The van der Waals surface area contributed by atoms with Crippen molar-refractivity contribution in [2.75, 3.05) is 6.54 Å². The van der Waals surface area contributed by atoms with Gasteiger partial charge in [0.15, 0.2) is 0 Å². The minimum Gasteiger partial charge on any atom is -0.341 e. The number of nitrogens with two attached hydrogens (primary N) is 1. The second-order valence-electron chi connectivity index (χ2n) is 5.52. The summed E-state index contributed by atoms with van der Waals surface area (Å²) in [5, 5.41) is 0. The molecule has 1 aliphatic carbocycles. The maximum Gasteiger partial charge on any atom is 0.107 e. The number of hydrogen-bond acceptors (Lipinski definition) is 3. The molecule has 0 aliphatic heterocycles. The summed E-state index contributed by atoms with van der Waals surface area (Å²) in [6.07, 6.45) is 11.0. The van der Waals surface area contributed by atoms with Crippen LogP contribution in [0.25, 0.3) is 11.0 Å². The number of aromatic amines is 1. The fourth-order valence-corrected chi connectivity index (χ4v) is 3.10. The number of H-pyrrole nitrogens is 1. The Morgan fingerprint density at radius 1 is 1.28 bits per heavy atom. The van der Waals surface area contributed by atoms with E-state index >= 15 is 0 Å². The SMILES string of the molecule is NCC1(Cc2nc3ccncc3[nH]2)CCCCC1. The molecule has 4 nitrogen and oxygen atoms in total. The Morgan fingerprint density at radius 2 is 2.11 bits per heavy atom. The predicted octanol–water partition coefficient (Wildman–Crippen LogP) is 2.41. The number of hydrogen-bond donors (Lipinski definition) is 2. The van der Waals surface area contributed by atoms with Gasteiger partial charge in [-0.25, -0.2) is 4.98 Å². The number of nitrogens with one attached hydrogen (secondary N) is 1. The van der Waals surface area contributed by atoms with Gasteiger partial charge in [-0.3, -0.25) is 4.98 Å². The summed E-state index contributed by atoms with van der Waals surface area (Å²) < 4.78 is 0. The number of aromatic nitrogens is 3. The molecule has 4 heteroatoms. The molecule has 3 rings (SSSR count). The van der Waals surface area contributed by atoms with Gasteiger partial charge in [0, 0.05) is 12.6 Å². The fraction of sp³-hybridized carbons (Fsp3) is 0.571. The van der Waals surface area contributed by atoms with Crippen LogP contribution in [-0.2, 0) is 6.42 Å². The first-order chi connectivity index (χ1) is 8.81. The average Bonchev–Trinajstić information content (AvgIpc) is 2.81. The first kappa shape index (κ1) is 11.7. The third-order valence-electron chi connectivity index (χ3n) is 4.22. The van der Waals surface area contributed by atoms with E-state index in [1.165, 1.54) is 32.1 Å². The zero-order valence-corrected chi connectivity index (χ0v) is 10.7. The lowest BCUT2D eigenvalue weighted by Crippen LogP contribution is -2.35. The molecule has 2 heterocycles. The highest BCUT2D eigenvalue weighted by Crippen LogP contribution is 2.37. The van der Waals surface area contributed by atoms with Crippen LogP contribution in [0, 0.1) is 5.41 Å². The summed E-state index contributed by atoms with van der Waals surface area (Å²) in [6, 6.07) is 1.95. The first-order valence-corrected chi connectivity index (χ1v) is 6.80. The number of fused-ring (bicyclic) bond motifs is 1. The summed E-state index contributed by atoms with van der Waals surface area (Å²) in [4.78, 5) is 12.1. The molecule has 1 saturated carbocycles. The molecule has 0 spiro atoms. The van der Waals surface area contributed by atoms with Gasteiger partial charge >= 0.3 is 0 Å². The molecule has 1 fully saturated rings. The molecule has 0 bridgehead atoms. The Kier molecular flexibility index (Phi) is 3.04. The molecule has 0 radical (unpaired) electrons. The fourth-order valence-electron chi connectivity index (χ4n) is 3.10. The van der Waals surface area contributed by atoms with Crippen molar-refractivity contribution >= 4 is 11.0 Å². The highest BCUT2D eigenvalue weighted by Gasteiger charge is 2.31. The Bertz CT molecular complexity index is 492. The van der Waals surface area contributed by atoms with E-state index in [-0.39, 0.29) is 5.41 Å². The van der Waals surface area contributed by atoms with Crippen molar-refractivity contribution < 1.29 is 0 Å². The van der Waals surface area contributed by atoms with Crippen LogP contribution in [0.4, 0.5) is 0 Å². The second-order valence-corrected chi connectivity index (χ2v) is 5.52. The summed E-state index contributed by atoms with van der Waals surface area (Å²) in [5.41, 5.74) is 8.32.